The molecule has 4 heteroatoms. The van der Waals surface area contributed by atoms with E-state index in [0.717, 1.165) is 12.8 Å². The van der Waals surface area contributed by atoms with Crippen molar-refractivity contribution in [3.63, 3.8) is 0 Å². The Labute approximate surface area is 82.9 Å². The van der Waals surface area contributed by atoms with Crippen LogP contribution >= 0.6 is 0 Å². The third-order valence-electron chi connectivity index (χ3n) is 1.99. The number of carbonyl (C=O) groups excluding carboxylic acids is 2. The second kappa shape index (κ2) is 4.79. The third-order valence-corrected chi connectivity index (χ3v) is 1.99. The molecule has 0 saturated heterocycles. The Bertz CT molecular complexity index is 263. The van der Waals surface area contributed by atoms with Gasteiger partial charge in [-0.05, 0) is 19.8 Å². The predicted octanol–water partition coefficient (Wildman–Crippen LogP) is 1.06. The molecule has 14 heavy (non-hydrogen) atoms. The van der Waals surface area contributed by atoms with Gasteiger partial charge in [-0.3, -0.25) is 4.79 Å². The molecule has 0 radical (unpaired) electrons. The first-order chi connectivity index (χ1) is 6.70. The molecule has 0 aromatic carbocycles. The molecule has 78 valence electrons. The number of Topliss-reactive ketones (excluding diaryl/α,β-unsaturated/α-hetero) is 1. The van der Waals surface area contributed by atoms with Crippen molar-refractivity contribution in [1.29, 1.82) is 0 Å². The highest BCUT2D eigenvalue weighted by Crippen LogP contribution is 2.32. The third kappa shape index (κ3) is 2.58. The fourth-order valence-electron chi connectivity index (χ4n) is 1.05. The normalized spacial score (nSPS) is 16.3. The van der Waals surface area contributed by atoms with E-state index in [-0.39, 0.29) is 17.3 Å². The van der Waals surface area contributed by atoms with E-state index in [1.165, 1.54) is 13.4 Å². The van der Waals surface area contributed by atoms with Gasteiger partial charge in [0.05, 0.1) is 13.7 Å². The summed E-state index contributed by atoms with van der Waals surface area (Å²) in [6.45, 7) is 2.21. The van der Waals surface area contributed by atoms with Crippen molar-refractivity contribution in [2.45, 2.75) is 19.8 Å². The van der Waals surface area contributed by atoms with Crippen molar-refractivity contribution in [1.82, 2.24) is 0 Å². The molecule has 0 aromatic heterocycles. The van der Waals surface area contributed by atoms with Crippen molar-refractivity contribution in [2.24, 2.45) is 5.92 Å². The van der Waals surface area contributed by atoms with Gasteiger partial charge in [0.15, 0.2) is 5.78 Å². The summed E-state index contributed by atoms with van der Waals surface area (Å²) in [5.74, 6) is -0.776. The van der Waals surface area contributed by atoms with Gasteiger partial charge in [0.1, 0.15) is 11.8 Å². The van der Waals surface area contributed by atoms with E-state index in [0.29, 0.717) is 6.61 Å². The minimum atomic E-state index is -0.615. The smallest absolute Gasteiger partial charge is 0.344 e. The van der Waals surface area contributed by atoms with E-state index in [9.17, 15) is 9.59 Å². The highest BCUT2D eigenvalue weighted by atomic mass is 16.5. The van der Waals surface area contributed by atoms with E-state index < -0.39 is 5.97 Å². The highest BCUT2D eigenvalue weighted by molar-refractivity contribution is 6.18. The Balaban J connectivity index is 2.69. The molecule has 0 bridgehead atoms. The molecule has 4 nitrogen and oxygen atoms in total. The number of hydrogen-bond donors (Lipinski definition) is 0. The summed E-state index contributed by atoms with van der Waals surface area (Å²) >= 11 is 0. The van der Waals surface area contributed by atoms with Gasteiger partial charge in [0, 0.05) is 5.92 Å². The molecule has 0 heterocycles. The van der Waals surface area contributed by atoms with Crippen LogP contribution in [-0.4, -0.2) is 25.5 Å². The van der Waals surface area contributed by atoms with E-state index in [1.54, 1.807) is 6.92 Å². The summed E-state index contributed by atoms with van der Waals surface area (Å²) in [5, 5.41) is 0. The second-order valence-electron chi connectivity index (χ2n) is 3.12. The zero-order valence-electron chi connectivity index (χ0n) is 8.41. The lowest BCUT2D eigenvalue weighted by Crippen LogP contribution is -2.16. The van der Waals surface area contributed by atoms with E-state index in [1.807, 2.05) is 0 Å². The number of rotatable bonds is 5. The molecule has 0 unspecified atom stereocenters. The monoisotopic (exact) mass is 198 g/mol. The van der Waals surface area contributed by atoms with Crippen LogP contribution < -0.4 is 0 Å². The van der Waals surface area contributed by atoms with Gasteiger partial charge < -0.3 is 9.47 Å². The lowest BCUT2D eigenvalue weighted by molar-refractivity contribution is -0.138. The molecule has 1 saturated carbocycles. The summed E-state index contributed by atoms with van der Waals surface area (Å²) in [6, 6.07) is 0. The molecule has 1 rings (SSSR count). The van der Waals surface area contributed by atoms with Crippen LogP contribution in [0, 0.1) is 5.92 Å². The summed E-state index contributed by atoms with van der Waals surface area (Å²) in [5.41, 5.74) is 0.0249. The van der Waals surface area contributed by atoms with Gasteiger partial charge in [0.2, 0.25) is 0 Å². The first-order valence-corrected chi connectivity index (χ1v) is 4.65. The predicted molar refractivity (Wildman–Crippen MR) is 49.5 cm³/mol. The Morgan fingerprint density at radius 3 is 2.50 bits per heavy atom. The molecule has 1 aliphatic carbocycles. The van der Waals surface area contributed by atoms with E-state index >= 15 is 0 Å². The van der Waals surface area contributed by atoms with Crippen molar-refractivity contribution in [2.75, 3.05) is 13.7 Å². The standard InChI is InChI=1S/C10H14O4/c1-3-14-6-8(10(12)13-2)9(11)7-4-5-7/h6-7H,3-5H2,1-2H3/b8-6+. The summed E-state index contributed by atoms with van der Waals surface area (Å²) in [6.07, 6.45) is 2.92. The number of methoxy groups -OCH3 is 1. The molecular weight excluding hydrogens is 184 g/mol. The zero-order chi connectivity index (χ0) is 10.6. The quantitative estimate of drug-likeness (QED) is 0.218. The average Bonchev–Trinajstić information content (AvgIpc) is 3.00. The number of ether oxygens (including phenoxy) is 2. The molecule has 1 aliphatic rings. The molecule has 0 amide bonds. The minimum absolute atomic E-state index is 0.000746. The van der Waals surface area contributed by atoms with E-state index in [4.69, 9.17) is 4.74 Å². The van der Waals surface area contributed by atoms with E-state index in [2.05, 4.69) is 4.74 Å². The molecular formula is C10H14O4. The molecule has 0 spiro atoms. The average molecular weight is 198 g/mol. The highest BCUT2D eigenvalue weighted by Gasteiger charge is 2.35. The van der Waals surface area contributed by atoms with Crippen molar-refractivity contribution < 1.29 is 19.1 Å². The van der Waals surface area contributed by atoms with Crippen LogP contribution in [0.2, 0.25) is 0 Å². The molecule has 0 N–H and O–H groups in total. The van der Waals surface area contributed by atoms with Crippen molar-refractivity contribution in [3.05, 3.63) is 11.8 Å². The Kier molecular flexibility index (Phi) is 3.68. The van der Waals surface area contributed by atoms with Crippen LogP contribution in [0.4, 0.5) is 0 Å². The number of ketones is 1. The Hall–Kier alpha value is -1.32. The van der Waals surface area contributed by atoms with Crippen LogP contribution in [0.1, 0.15) is 19.8 Å². The van der Waals surface area contributed by atoms with Gasteiger partial charge in [-0.1, -0.05) is 0 Å². The molecule has 0 aromatic rings. The molecule has 1 fully saturated rings. The summed E-state index contributed by atoms with van der Waals surface area (Å²) < 4.78 is 9.43. The zero-order valence-corrected chi connectivity index (χ0v) is 8.41. The number of hydrogen-bond acceptors (Lipinski definition) is 4. The summed E-state index contributed by atoms with van der Waals surface area (Å²) in [4.78, 5) is 22.8. The maximum absolute atomic E-state index is 11.6. The van der Waals surface area contributed by atoms with Crippen LogP contribution in [-0.2, 0) is 19.1 Å². The lowest BCUT2D eigenvalue weighted by Gasteiger charge is -2.03. The number of carbonyl (C=O) groups is 2. The Morgan fingerprint density at radius 2 is 2.07 bits per heavy atom. The van der Waals surface area contributed by atoms with Gasteiger partial charge in [-0.25, -0.2) is 4.79 Å². The van der Waals surface area contributed by atoms with Gasteiger partial charge in [-0.15, -0.1) is 0 Å². The van der Waals surface area contributed by atoms with Crippen LogP contribution in [0.15, 0.2) is 11.8 Å². The lowest BCUT2D eigenvalue weighted by atomic mass is 10.1. The fourth-order valence-corrected chi connectivity index (χ4v) is 1.05. The first-order valence-electron chi connectivity index (χ1n) is 4.65. The fraction of sp³-hybridized carbons (Fsp3) is 0.600. The van der Waals surface area contributed by atoms with Crippen molar-refractivity contribution in [3.8, 4) is 0 Å². The minimum Gasteiger partial charge on any atom is -0.500 e. The van der Waals surface area contributed by atoms with Crippen LogP contribution in [0.3, 0.4) is 0 Å². The van der Waals surface area contributed by atoms with Gasteiger partial charge in [0.25, 0.3) is 0 Å². The molecule has 0 atom stereocenters. The maximum atomic E-state index is 11.6. The first kappa shape index (κ1) is 10.8. The van der Waals surface area contributed by atoms with Crippen molar-refractivity contribution >= 4 is 11.8 Å². The van der Waals surface area contributed by atoms with Gasteiger partial charge >= 0.3 is 5.97 Å². The SMILES string of the molecule is CCO/C=C(/C(=O)OC)C(=O)C1CC1. The number of esters is 1. The Morgan fingerprint density at radius 1 is 1.43 bits per heavy atom. The summed E-state index contributed by atoms with van der Waals surface area (Å²) in [7, 11) is 1.25. The topological polar surface area (TPSA) is 52.6 Å². The van der Waals surface area contributed by atoms with Gasteiger partial charge in [-0.2, -0.15) is 0 Å². The second-order valence-corrected chi connectivity index (χ2v) is 3.12. The van der Waals surface area contributed by atoms with Crippen LogP contribution in [0.25, 0.3) is 0 Å². The van der Waals surface area contributed by atoms with Crippen LogP contribution in [0.5, 0.6) is 0 Å². The largest absolute Gasteiger partial charge is 0.500 e. The molecule has 0 aliphatic heterocycles. The maximum Gasteiger partial charge on any atom is 0.344 e.